The Kier molecular flexibility index (Phi) is 8.42. The lowest BCUT2D eigenvalue weighted by atomic mass is 10.1. The lowest BCUT2D eigenvalue weighted by Gasteiger charge is -2.23. The quantitative estimate of drug-likeness (QED) is 0.692. The van der Waals surface area contributed by atoms with Crippen molar-refractivity contribution in [1.29, 1.82) is 0 Å². The van der Waals surface area contributed by atoms with E-state index in [1.54, 1.807) is 20.8 Å². The van der Waals surface area contributed by atoms with Crippen LogP contribution in [0.2, 0.25) is 0 Å². The summed E-state index contributed by atoms with van der Waals surface area (Å²) >= 11 is 0. The number of amides is 2. The highest BCUT2D eigenvalue weighted by Gasteiger charge is 2.24. The second kappa shape index (κ2) is 10.8. The molecule has 2 aromatic rings. The Morgan fingerprint density at radius 3 is 2.17 bits per heavy atom. The first-order valence-corrected chi connectivity index (χ1v) is 10.2. The van der Waals surface area contributed by atoms with Gasteiger partial charge in [-0.15, -0.1) is 0 Å². The van der Waals surface area contributed by atoms with Crippen LogP contribution in [0.1, 0.15) is 31.9 Å². The van der Waals surface area contributed by atoms with Crippen LogP contribution in [-0.4, -0.2) is 49.2 Å². The largest absolute Gasteiger partial charge is 0.444 e. The van der Waals surface area contributed by atoms with E-state index in [0.717, 1.165) is 18.5 Å². The summed E-state index contributed by atoms with van der Waals surface area (Å²) in [6.45, 7) is 6.33. The summed E-state index contributed by atoms with van der Waals surface area (Å²) < 4.78 is 5.33. The van der Waals surface area contributed by atoms with Crippen molar-refractivity contribution in [3.05, 3.63) is 65.7 Å². The maximum Gasteiger partial charge on any atom is 0.408 e. The van der Waals surface area contributed by atoms with E-state index in [1.165, 1.54) is 5.56 Å². The van der Waals surface area contributed by atoms with Gasteiger partial charge in [0.05, 0.1) is 0 Å². The third-order valence-electron chi connectivity index (χ3n) is 4.36. The molecule has 2 aromatic carbocycles. The standard InChI is InChI=1S/C24H33N3O3/c1-24(2,3)30-23(29)26-21(17-19-9-7-6-8-10-19)22(28)25-20-13-11-18(12-14-20)15-16-27(4)5/h6-14,21H,15-17H2,1-5H3,(H,25,28)(H,26,29). The Morgan fingerprint density at radius 2 is 1.60 bits per heavy atom. The Balaban J connectivity index is 2.06. The summed E-state index contributed by atoms with van der Waals surface area (Å²) in [7, 11) is 4.08. The molecule has 6 heteroatoms. The zero-order chi connectivity index (χ0) is 22.1. The van der Waals surface area contributed by atoms with Gasteiger partial charge in [-0.1, -0.05) is 42.5 Å². The van der Waals surface area contributed by atoms with Crippen LogP contribution in [0.3, 0.4) is 0 Å². The summed E-state index contributed by atoms with van der Waals surface area (Å²) in [5, 5.41) is 5.61. The molecular formula is C24H33N3O3. The lowest BCUT2D eigenvalue weighted by molar-refractivity contribution is -0.118. The second-order valence-corrected chi connectivity index (χ2v) is 8.63. The van der Waals surface area contributed by atoms with E-state index in [-0.39, 0.29) is 5.91 Å². The monoisotopic (exact) mass is 411 g/mol. The van der Waals surface area contributed by atoms with E-state index in [1.807, 2.05) is 68.7 Å². The number of nitrogens with zero attached hydrogens (tertiary/aromatic N) is 1. The lowest BCUT2D eigenvalue weighted by Crippen LogP contribution is -2.47. The van der Waals surface area contributed by atoms with Gasteiger partial charge in [0.15, 0.2) is 0 Å². The van der Waals surface area contributed by atoms with Crippen LogP contribution in [0.15, 0.2) is 54.6 Å². The maximum absolute atomic E-state index is 12.9. The van der Waals surface area contributed by atoms with Gasteiger partial charge < -0.3 is 20.3 Å². The molecule has 162 valence electrons. The van der Waals surface area contributed by atoms with Crippen molar-refractivity contribution in [3.8, 4) is 0 Å². The van der Waals surface area contributed by atoms with Crippen LogP contribution in [0.25, 0.3) is 0 Å². The molecule has 1 unspecified atom stereocenters. The van der Waals surface area contributed by atoms with E-state index >= 15 is 0 Å². The average Bonchev–Trinajstić information content (AvgIpc) is 2.66. The molecule has 6 nitrogen and oxygen atoms in total. The fraction of sp³-hybridized carbons (Fsp3) is 0.417. The number of carbonyl (C=O) groups excluding carboxylic acids is 2. The van der Waals surface area contributed by atoms with Crippen molar-refractivity contribution in [2.75, 3.05) is 26.0 Å². The minimum atomic E-state index is -0.754. The third-order valence-corrected chi connectivity index (χ3v) is 4.36. The molecule has 0 saturated carbocycles. The number of likely N-dealkylation sites (N-methyl/N-ethyl adjacent to an activating group) is 1. The van der Waals surface area contributed by atoms with Crippen LogP contribution >= 0.6 is 0 Å². The number of hydrogen-bond acceptors (Lipinski definition) is 4. The Morgan fingerprint density at radius 1 is 0.967 bits per heavy atom. The van der Waals surface area contributed by atoms with E-state index in [4.69, 9.17) is 4.74 Å². The van der Waals surface area contributed by atoms with Crippen molar-refractivity contribution in [2.45, 2.75) is 45.3 Å². The fourth-order valence-electron chi connectivity index (χ4n) is 2.85. The molecule has 2 rings (SSSR count). The molecule has 0 fully saturated rings. The van der Waals surface area contributed by atoms with Gasteiger partial charge in [-0.3, -0.25) is 4.79 Å². The van der Waals surface area contributed by atoms with Crippen LogP contribution in [-0.2, 0) is 22.4 Å². The van der Waals surface area contributed by atoms with E-state index in [0.29, 0.717) is 12.1 Å². The fourth-order valence-corrected chi connectivity index (χ4v) is 2.85. The first-order chi connectivity index (χ1) is 14.1. The van der Waals surface area contributed by atoms with E-state index < -0.39 is 17.7 Å². The Hall–Kier alpha value is -2.86. The minimum absolute atomic E-state index is 0.286. The first-order valence-electron chi connectivity index (χ1n) is 10.2. The Bertz CT molecular complexity index is 812. The number of carbonyl (C=O) groups is 2. The molecule has 30 heavy (non-hydrogen) atoms. The SMILES string of the molecule is CN(C)CCc1ccc(NC(=O)C(Cc2ccccc2)NC(=O)OC(C)(C)C)cc1. The van der Waals surface area contributed by atoms with Gasteiger partial charge >= 0.3 is 6.09 Å². The van der Waals surface area contributed by atoms with Gasteiger partial charge in [-0.2, -0.15) is 0 Å². The second-order valence-electron chi connectivity index (χ2n) is 8.63. The minimum Gasteiger partial charge on any atom is -0.444 e. The van der Waals surface area contributed by atoms with Crippen molar-refractivity contribution < 1.29 is 14.3 Å². The molecule has 0 aliphatic carbocycles. The molecule has 2 N–H and O–H groups in total. The highest BCUT2D eigenvalue weighted by molar-refractivity contribution is 5.96. The normalized spacial score (nSPS) is 12.3. The molecule has 0 spiro atoms. The highest BCUT2D eigenvalue weighted by atomic mass is 16.6. The summed E-state index contributed by atoms with van der Waals surface area (Å²) in [6, 6.07) is 16.6. The van der Waals surface area contributed by atoms with Crippen molar-refractivity contribution in [2.24, 2.45) is 0 Å². The summed E-state index contributed by atoms with van der Waals surface area (Å²) in [6.07, 6.45) is 0.697. The van der Waals surface area contributed by atoms with E-state index in [9.17, 15) is 9.59 Å². The van der Waals surface area contributed by atoms with Crippen molar-refractivity contribution >= 4 is 17.7 Å². The summed E-state index contributed by atoms with van der Waals surface area (Å²) in [5.74, 6) is -0.286. The number of alkyl carbamates (subject to hydrolysis) is 1. The van der Waals surface area contributed by atoms with Gasteiger partial charge in [0, 0.05) is 18.7 Å². The van der Waals surface area contributed by atoms with E-state index in [2.05, 4.69) is 15.5 Å². The molecule has 0 saturated heterocycles. The van der Waals surface area contributed by atoms with Crippen molar-refractivity contribution in [1.82, 2.24) is 10.2 Å². The number of anilines is 1. The van der Waals surface area contributed by atoms with Crippen LogP contribution in [0.5, 0.6) is 0 Å². The molecule has 1 atom stereocenters. The highest BCUT2D eigenvalue weighted by Crippen LogP contribution is 2.13. The molecule has 0 radical (unpaired) electrons. The molecule has 0 aromatic heterocycles. The van der Waals surface area contributed by atoms with Crippen LogP contribution < -0.4 is 10.6 Å². The zero-order valence-electron chi connectivity index (χ0n) is 18.6. The smallest absolute Gasteiger partial charge is 0.408 e. The third kappa shape index (κ3) is 8.66. The first kappa shape index (κ1) is 23.4. The van der Waals surface area contributed by atoms with Gasteiger partial charge in [0.2, 0.25) is 5.91 Å². The molecule has 0 aliphatic heterocycles. The summed E-state index contributed by atoms with van der Waals surface area (Å²) in [4.78, 5) is 27.3. The summed E-state index contributed by atoms with van der Waals surface area (Å²) in [5.41, 5.74) is 2.21. The van der Waals surface area contributed by atoms with Gasteiger partial charge in [-0.25, -0.2) is 4.79 Å². The van der Waals surface area contributed by atoms with Gasteiger partial charge in [-0.05, 0) is 64.5 Å². The number of ether oxygens (including phenoxy) is 1. The zero-order valence-corrected chi connectivity index (χ0v) is 18.6. The predicted molar refractivity (Wildman–Crippen MR) is 121 cm³/mol. The molecular weight excluding hydrogens is 378 g/mol. The molecule has 0 bridgehead atoms. The molecule has 2 amide bonds. The van der Waals surface area contributed by atoms with Gasteiger partial charge in [0.1, 0.15) is 11.6 Å². The topological polar surface area (TPSA) is 70.7 Å². The average molecular weight is 412 g/mol. The number of rotatable bonds is 8. The molecule has 0 heterocycles. The molecule has 0 aliphatic rings. The number of benzene rings is 2. The van der Waals surface area contributed by atoms with Crippen molar-refractivity contribution in [3.63, 3.8) is 0 Å². The van der Waals surface area contributed by atoms with Crippen LogP contribution in [0, 0.1) is 0 Å². The van der Waals surface area contributed by atoms with Gasteiger partial charge in [0.25, 0.3) is 0 Å². The number of nitrogens with one attached hydrogen (secondary N) is 2. The maximum atomic E-state index is 12.9. The predicted octanol–water partition coefficient (Wildman–Crippen LogP) is 3.87. The number of hydrogen-bond donors (Lipinski definition) is 2. The Labute approximate surface area is 179 Å². The van der Waals surface area contributed by atoms with Crippen LogP contribution in [0.4, 0.5) is 10.5 Å².